The molecule has 5 nitrogen and oxygen atoms in total. The third-order valence-electron chi connectivity index (χ3n) is 4.09. The molecule has 1 aliphatic rings. The van der Waals surface area contributed by atoms with E-state index in [2.05, 4.69) is 5.10 Å². The van der Waals surface area contributed by atoms with Crippen molar-refractivity contribution in [1.29, 1.82) is 0 Å². The number of alkyl halides is 3. The molecule has 1 aromatic carbocycles. The molecule has 0 aliphatic carbocycles. The summed E-state index contributed by atoms with van der Waals surface area (Å²) in [6, 6.07) is 7.15. The van der Waals surface area contributed by atoms with Gasteiger partial charge in [0.15, 0.2) is 5.69 Å². The van der Waals surface area contributed by atoms with Crippen molar-refractivity contribution in [3.8, 4) is 5.69 Å². The van der Waals surface area contributed by atoms with Crippen LogP contribution < -0.4 is 0 Å². The second-order valence-electron chi connectivity index (χ2n) is 5.78. The number of aliphatic hydroxyl groups is 1. The number of halogens is 3. The van der Waals surface area contributed by atoms with Crippen molar-refractivity contribution < 1.29 is 23.1 Å². The van der Waals surface area contributed by atoms with Gasteiger partial charge in [0, 0.05) is 37.4 Å². The topological polar surface area (TPSA) is 58.4 Å². The highest BCUT2D eigenvalue weighted by atomic mass is 19.4. The first-order chi connectivity index (χ1) is 11.4. The summed E-state index contributed by atoms with van der Waals surface area (Å²) in [4.78, 5) is 14.0. The summed E-state index contributed by atoms with van der Waals surface area (Å²) < 4.78 is 38.8. The van der Waals surface area contributed by atoms with Crippen molar-refractivity contribution in [3.63, 3.8) is 0 Å². The number of rotatable bonds is 3. The highest BCUT2D eigenvalue weighted by molar-refractivity contribution is 5.94. The third kappa shape index (κ3) is 3.28. The molecule has 1 fully saturated rings. The van der Waals surface area contributed by atoms with Crippen LogP contribution in [-0.2, 0) is 6.18 Å². The van der Waals surface area contributed by atoms with Crippen LogP contribution in [0.2, 0.25) is 0 Å². The fraction of sp³-hybridized carbons (Fsp3) is 0.375. The van der Waals surface area contributed by atoms with Gasteiger partial charge in [-0.2, -0.15) is 18.3 Å². The lowest BCUT2D eigenvalue weighted by molar-refractivity contribution is -0.141. The monoisotopic (exact) mass is 339 g/mol. The highest BCUT2D eigenvalue weighted by Crippen LogP contribution is 2.28. The van der Waals surface area contributed by atoms with E-state index in [4.69, 9.17) is 5.11 Å². The zero-order chi connectivity index (χ0) is 17.3. The predicted molar refractivity (Wildman–Crippen MR) is 79.7 cm³/mol. The normalized spacial score (nSPS) is 18.2. The van der Waals surface area contributed by atoms with Crippen molar-refractivity contribution in [2.45, 2.75) is 12.6 Å². The van der Waals surface area contributed by atoms with Crippen LogP contribution in [0.1, 0.15) is 22.5 Å². The second kappa shape index (κ2) is 6.27. The van der Waals surface area contributed by atoms with Gasteiger partial charge in [0.05, 0.1) is 5.69 Å². The first-order valence-electron chi connectivity index (χ1n) is 7.52. The molecule has 1 unspecified atom stereocenters. The predicted octanol–water partition coefficient (Wildman–Crippen LogP) is 2.35. The molecule has 8 heteroatoms. The van der Waals surface area contributed by atoms with E-state index in [0.29, 0.717) is 24.3 Å². The van der Waals surface area contributed by atoms with Crippen molar-refractivity contribution in [1.82, 2.24) is 14.7 Å². The molecule has 24 heavy (non-hydrogen) atoms. The lowest BCUT2D eigenvalue weighted by atomic mass is 10.1. The van der Waals surface area contributed by atoms with Gasteiger partial charge in [0.1, 0.15) is 0 Å². The van der Waals surface area contributed by atoms with E-state index in [9.17, 15) is 18.0 Å². The minimum Gasteiger partial charge on any atom is -0.396 e. The molecule has 128 valence electrons. The summed E-state index contributed by atoms with van der Waals surface area (Å²) in [5, 5.41) is 12.6. The van der Waals surface area contributed by atoms with E-state index >= 15 is 0 Å². The molecule has 0 bridgehead atoms. The standard InChI is InChI=1S/C16H16F3N3O2/c17-16(18,19)14-6-8-22(20-14)13-3-1-12(2-4-13)15(24)21-7-5-11(9-21)10-23/h1-4,6,8,11,23H,5,7,9-10H2. The molecule has 0 radical (unpaired) electrons. The summed E-state index contributed by atoms with van der Waals surface area (Å²) in [6.07, 6.45) is -2.49. The van der Waals surface area contributed by atoms with Crippen LogP contribution in [0.5, 0.6) is 0 Å². The lowest BCUT2D eigenvalue weighted by Gasteiger charge is -2.16. The molecule has 0 saturated carbocycles. The van der Waals surface area contributed by atoms with Crippen LogP contribution in [0.15, 0.2) is 36.5 Å². The molecule has 1 aromatic heterocycles. The zero-order valence-electron chi connectivity index (χ0n) is 12.7. The van der Waals surface area contributed by atoms with E-state index < -0.39 is 11.9 Å². The summed E-state index contributed by atoms with van der Waals surface area (Å²) in [5.41, 5.74) is -0.0630. The number of hydrogen-bond donors (Lipinski definition) is 1. The van der Waals surface area contributed by atoms with Crippen molar-refractivity contribution >= 4 is 5.91 Å². The molecule has 2 aromatic rings. The highest BCUT2D eigenvalue weighted by Gasteiger charge is 2.33. The van der Waals surface area contributed by atoms with Gasteiger partial charge in [-0.1, -0.05) is 0 Å². The lowest BCUT2D eigenvalue weighted by Crippen LogP contribution is -2.29. The van der Waals surface area contributed by atoms with E-state index in [1.165, 1.54) is 6.20 Å². The Bertz CT molecular complexity index is 725. The van der Waals surface area contributed by atoms with Gasteiger partial charge in [-0.05, 0) is 36.8 Å². The number of benzene rings is 1. The maximum absolute atomic E-state index is 12.6. The smallest absolute Gasteiger partial charge is 0.396 e. The largest absolute Gasteiger partial charge is 0.435 e. The Morgan fingerprint density at radius 1 is 1.25 bits per heavy atom. The summed E-state index contributed by atoms with van der Waals surface area (Å²) in [7, 11) is 0. The molecule has 1 amide bonds. The molecular formula is C16H16F3N3O2. The van der Waals surface area contributed by atoms with E-state index in [-0.39, 0.29) is 18.4 Å². The first kappa shape index (κ1) is 16.5. The Morgan fingerprint density at radius 2 is 1.96 bits per heavy atom. The number of nitrogens with zero attached hydrogens (tertiary/aromatic N) is 3. The van der Waals surface area contributed by atoms with Crippen LogP contribution in [0.4, 0.5) is 13.2 Å². The fourth-order valence-electron chi connectivity index (χ4n) is 2.72. The Balaban J connectivity index is 1.74. The van der Waals surface area contributed by atoms with Gasteiger partial charge in [-0.15, -0.1) is 0 Å². The molecule has 3 rings (SSSR count). The summed E-state index contributed by atoms with van der Waals surface area (Å²) in [6.45, 7) is 1.18. The third-order valence-corrected chi connectivity index (χ3v) is 4.09. The molecule has 1 aliphatic heterocycles. The van der Waals surface area contributed by atoms with E-state index in [0.717, 1.165) is 17.2 Å². The van der Waals surface area contributed by atoms with Crippen molar-refractivity contribution in [2.75, 3.05) is 19.7 Å². The van der Waals surface area contributed by atoms with Crippen LogP contribution >= 0.6 is 0 Å². The van der Waals surface area contributed by atoms with E-state index in [1.807, 2.05) is 0 Å². The Morgan fingerprint density at radius 3 is 2.50 bits per heavy atom. The Labute approximate surface area is 136 Å². The van der Waals surface area contributed by atoms with Crippen LogP contribution in [-0.4, -0.2) is 45.4 Å². The van der Waals surface area contributed by atoms with Gasteiger partial charge >= 0.3 is 6.18 Å². The number of carbonyl (C=O) groups is 1. The second-order valence-corrected chi connectivity index (χ2v) is 5.78. The minimum absolute atomic E-state index is 0.0591. The molecular weight excluding hydrogens is 323 g/mol. The average Bonchev–Trinajstić information content (AvgIpc) is 3.23. The summed E-state index contributed by atoms with van der Waals surface area (Å²) in [5.74, 6) is -0.0352. The van der Waals surface area contributed by atoms with Gasteiger partial charge in [-0.25, -0.2) is 4.68 Å². The molecule has 0 spiro atoms. The maximum atomic E-state index is 12.6. The van der Waals surface area contributed by atoms with E-state index in [1.54, 1.807) is 29.2 Å². The number of hydrogen-bond acceptors (Lipinski definition) is 3. The van der Waals surface area contributed by atoms with Crippen LogP contribution in [0.3, 0.4) is 0 Å². The molecule has 1 atom stereocenters. The quantitative estimate of drug-likeness (QED) is 0.934. The molecule has 2 heterocycles. The Hall–Kier alpha value is -2.35. The van der Waals surface area contributed by atoms with Crippen LogP contribution in [0.25, 0.3) is 5.69 Å². The van der Waals surface area contributed by atoms with Crippen molar-refractivity contribution in [3.05, 3.63) is 47.8 Å². The number of likely N-dealkylation sites (tertiary alicyclic amines) is 1. The Kier molecular flexibility index (Phi) is 4.31. The average molecular weight is 339 g/mol. The maximum Gasteiger partial charge on any atom is 0.435 e. The molecule has 1 saturated heterocycles. The summed E-state index contributed by atoms with van der Waals surface area (Å²) >= 11 is 0. The fourth-order valence-corrected chi connectivity index (χ4v) is 2.72. The minimum atomic E-state index is -4.49. The van der Waals surface area contributed by atoms with Crippen LogP contribution in [0, 0.1) is 5.92 Å². The number of amides is 1. The molecule has 1 N–H and O–H groups in total. The van der Waals surface area contributed by atoms with Gasteiger partial charge in [0.25, 0.3) is 5.91 Å². The zero-order valence-corrected chi connectivity index (χ0v) is 12.7. The van der Waals surface area contributed by atoms with Crippen molar-refractivity contribution in [2.24, 2.45) is 5.92 Å². The SMILES string of the molecule is O=C(c1ccc(-n2ccc(C(F)(F)F)n2)cc1)N1CCC(CO)C1. The van der Waals surface area contributed by atoms with Gasteiger partial charge < -0.3 is 10.0 Å². The van der Waals surface area contributed by atoms with Gasteiger partial charge in [-0.3, -0.25) is 4.79 Å². The number of aliphatic hydroxyl groups excluding tert-OH is 1. The number of carbonyl (C=O) groups excluding carboxylic acids is 1. The van der Waals surface area contributed by atoms with Gasteiger partial charge in [0.2, 0.25) is 0 Å². The first-order valence-corrected chi connectivity index (χ1v) is 7.52. The number of aromatic nitrogens is 2.